The van der Waals surface area contributed by atoms with Crippen LogP contribution in [0.25, 0.3) is 0 Å². The largest absolute Gasteiger partial charge is 0.469 e. The number of rotatable bonds is 22. The van der Waals surface area contributed by atoms with Crippen LogP contribution in [0.4, 0.5) is 19.2 Å². The third-order valence-electron chi connectivity index (χ3n) is 10.3. The summed E-state index contributed by atoms with van der Waals surface area (Å²) in [6, 6.07) is -0.502. The van der Waals surface area contributed by atoms with Crippen LogP contribution in [0.2, 0.25) is 0 Å². The van der Waals surface area contributed by atoms with Crippen LogP contribution >= 0.6 is 11.8 Å². The van der Waals surface area contributed by atoms with Crippen molar-refractivity contribution in [3.8, 4) is 0 Å². The van der Waals surface area contributed by atoms with E-state index in [0.29, 0.717) is 31.4 Å². The Morgan fingerprint density at radius 1 is 0.639 bits per heavy atom. The number of hydrogen-bond donors (Lipinski definition) is 4. The highest BCUT2D eigenvalue weighted by Gasteiger charge is 2.43. The summed E-state index contributed by atoms with van der Waals surface area (Å²) in [6.45, 7) is 20.5. The average Bonchev–Trinajstić information content (AvgIpc) is 3.16. The van der Waals surface area contributed by atoms with Gasteiger partial charge in [0.05, 0.1) is 13.0 Å². The van der Waals surface area contributed by atoms with E-state index in [-0.39, 0.29) is 80.8 Å². The van der Waals surface area contributed by atoms with E-state index < -0.39 is 59.2 Å². The molecule has 0 saturated heterocycles. The highest BCUT2D eigenvalue weighted by atomic mass is 32.2. The van der Waals surface area contributed by atoms with Crippen molar-refractivity contribution in [1.82, 2.24) is 21.3 Å². The van der Waals surface area contributed by atoms with E-state index in [9.17, 15) is 33.6 Å². The molecule has 0 heterocycles. The monoisotopic (exact) mass is 884 g/mol. The molecule has 346 valence electrons. The summed E-state index contributed by atoms with van der Waals surface area (Å²) >= 11 is 1.35. The summed E-state index contributed by atoms with van der Waals surface area (Å²) in [5.41, 5.74) is -1.23. The van der Waals surface area contributed by atoms with Crippen molar-refractivity contribution in [2.24, 2.45) is 27.6 Å². The first-order chi connectivity index (χ1) is 28.5. The Morgan fingerprint density at radius 3 is 1.52 bits per heavy atom. The number of carbonyl (C=O) groups is 7. The molecule has 0 aromatic carbocycles. The van der Waals surface area contributed by atoms with Crippen LogP contribution in [0.5, 0.6) is 0 Å². The number of nitrogens with one attached hydrogen (secondary N) is 4. The quantitative estimate of drug-likeness (QED) is 0.0460. The lowest BCUT2D eigenvalue weighted by molar-refractivity contribution is -0.144. The molecule has 0 aromatic rings. The van der Waals surface area contributed by atoms with Gasteiger partial charge in [-0.2, -0.15) is 11.8 Å². The number of thioether (sulfide) groups is 1. The maximum absolute atomic E-state index is 13.3. The standard InChI is InChI=1S/C42H68N4O14S/c1-11-32(47)55-13-15-57-37(52)45-29-17-39(4,5)24-41(8,19-29)26-43-35(50)59-21-31(23-61-22-28(3)34(49)54-10)60-36(51)44-27-42(9)20-30(18-40(6,7)25-42)46-38(53)58-16-14-56-33(48)12-2/h11-12,28-31H,1-2,13-27H2,3-10H3,(H,43,50)(H,44,51)(H,45,52)(H,46,53). The highest BCUT2D eigenvalue weighted by Crippen LogP contribution is 2.47. The third kappa shape index (κ3) is 21.1. The molecule has 19 heteroatoms. The first-order valence-electron chi connectivity index (χ1n) is 20.5. The zero-order valence-electron chi connectivity index (χ0n) is 37.1. The molecule has 6 unspecified atom stereocenters. The summed E-state index contributed by atoms with van der Waals surface area (Å²) < 4.78 is 36.2. The number of alkyl carbamates (subject to hydrolysis) is 4. The minimum atomic E-state index is -0.866. The Morgan fingerprint density at radius 2 is 1.08 bits per heavy atom. The van der Waals surface area contributed by atoms with Gasteiger partial charge in [0.1, 0.15) is 39.1 Å². The smallest absolute Gasteiger partial charge is 0.407 e. The number of esters is 3. The van der Waals surface area contributed by atoms with Crippen LogP contribution in [0.3, 0.4) is 0 Å². The summed E-state index contributed by atoms with van der Waals surface area (Å²) in [5.74, 6) is -1.42. The van der Waals surface area contributed by atoms with Crippen molar-refractivity contribution in [2.75, 3.05) is 64.7 Å². The summed E-state index contributed by atoms with van der Waals surface area (Å²) in [7, 11) is 1.31. The van der Waals surface area contributed by atoms with Gasteiger partial charge in [0.2, 0.25) is 0 Å². The normalized spacial score (nSPS) is 23.5. The number of carbonyl (C=O) groups excluding carboxylic acids is 7. The lowest BCUT2D eigenvalue weighted by Gasteiger charge is -2.46. The van der Waals surface area contributed by atoms with Crippen LogP contribution in [-0.4, -0.2) is 125 Å². The molecule has 0 bridgehead atoms. The molecule has 2 fully saturated rings. The van der Waals surface area contributed by atoms with Gasteiger partial charge in [-0.25, -0.2) is 28.8 Å². The van der Waals surface area contributed by atoms with Crippen molar-refractivity contribution in [2.45, 2.75) is 105 Å². The van der Waals surface area contributed by atoms with E-state index in [1.165, 1.54) is 18.9 Å². The summed E-state index contributed by atoms with van der Waals surface area (Å²) in [5, 5.41) is 11.5. The second kappa shape index (κ2) is 24.7. The molecule has 2 saturated carbocycles. The molecule has 4 amide bonds. The second-order valence-electron chi connectivity index (χ2n) is 18.1. The predicted octanol–water partition coefficient (Wildman–Crippen LogP) is 5.43. The maximum atomic E-state index is 13.3. The molecule has 4 N–H and O–H groups in total. The number of hydrogen-bond acceptors (Lipinski definition) is 15. The fourth-order valence-corrected chi connectivity index (χ4v) is 9.63. The third-order valence-corrected chi connectivity index (χ3v) is 11.6. The van der Waals surface area contributed by atoms with Crippen LogP contribution in [0, 0.1) is 27.6 Å². The Hall–Kier alpha value is -4.68. The first kappa shape index (κ1) is 52.5. The molecule has 2 rings (SSSR count). The fourth-order valence-electron chi connectivity index (χ4n) is 8.57. The van der Waals surface area contributed by atoms with Crippen LogP contribution in [-0.2, 0) is 47.5 Å². The molecular weight excluding hydrogens is 817 g/mol. The Labute approximate surface area is 364 Å². The molecule has 2 aliphatic carbocycles. The van der Waals surface area contributed by atoms with Gasteiger partial charge in [-0.15, -0.1) is 0 Å². The molecule has 6 atom stereocenters. The molecule has 2 aliphatic rings. The van der Waals surface area contributed by atoms with Crippen LogP contribution in [0.1, 0.15) is 87.0 Å². The van der Waals surface area contributed by atoms with E-state index in [1.54, 1.807) is 6.92 Å². The molecule has 61 heavy (non-hydrogen) atoms. The van der Waals surface area contributed by atoms with Gasteiger partial charge in [0, 0.05) is 48.8 Å². The van der Waals surface area contributed by atoms with E-state index in [0.717, 1.165) is 25.0 Å². The second-order valence-corrected chi connectivity index (χ2v) is 19.2. The minimum absolute atomic E-state index is 0.0982. The van der Waals surface area contributed by atoms with Crippen LogP contribution < -0.4 is 21.3 Å². The van der Waals surface area contributed by atoms with Gasteiger partial charge in [0.15, 0.2) is 0 Å². The zero-order valence-corrected chi connectivity index (χ0v) is 37.9. The van der Waals surface area contributed by atoms with Crippen molar-refractivity contribution < 1.29 is 66.7 Å². The van der Waals surface area contributed by atoms with Crippen LogP contribution in [0.15, 0.2) is 25.3 Å². The first-order valence-corrected chi connectivity index (χ1v) is 21.6. The zero-order chi connectivity index (χ0) is 45.9. The van der Waals surface area contributed by atoms with Crippen molar-refractivity contribution in [1.29, 1.82) is 0 Å². The predicted molar refractivity (Wildman–Crippen MR) is 226 cm³/mol. The number of amides is 4. The van der Waals surface area contributed by atoms with E-state index in [1.807, 2.05) is 13.8 Å². The Bertz CT molecular complexity index is 1540. The van der Waals surface area contributed by atoms with Gasteiger partial charge in [-0.05, 0) is 60.2 Å². The molecular formula is C42H68N4O14S. The number of methoxy groups -OCH3 is 1. The van der Waals surface area contributed by atoms with Crippen molar-refractivity contribution in [3.63, 3.8) is 0 Å². The van der Waals surface area contributed by atoms with E-state index in [4.69, 9.17) is 33.2 Å². The Balaban J connectivity index is 1.98. The molecule has 0 aromatic heterocycles. The summed E-state index contributed by atoms with van der Waals surface area (Å²) in [4.78, 5) is 85.8. The molecule has 0 aliphatic heterocycles. The Kier molecular flexibility index (Phi) is 21.2. The fraction of sp³-hybridized carbons (Fsp3) is 0.738. The summed E-state index contributed by atoms with van der Waals surface area (Å²) in [6.07, 6.45) is 2.40. The highest BCUT2D eigenvalue weighted by molar-refractivity contribution is 7.99. The SMILES string of the molecule is C=CC(=O)OCCOC(=O)NC1CC(C)(C)CC(C)(CNC(=O)OCC(CSCC(C)C(=O)OC)OC(=O)NCC2(C)CC(NC(=O)OCCOC(=O)C=C)CC(C)(C)C2)C1. The molecule has 18 nitrogen and oxygen atoms in total. The van der Waals surface area contributed by atoms with E-state index in [2.05, 4.69) is 62.1 Å². The lowest BCUT2D eigenvalue weighted by atomic mass is 9.62. The number of ether oxygens (including phenoxy) is 7. The molecule has 0 radical (unpaired) electrons. The van der Waals surface area contributed by atoms with Gasteiger partial charge < -0.3 is 54.4 Å². The van der Waals surface area contributed by atoms with Gasteiger partial charge in [0.25, 0.3) is 0 Å². The van der Waals surface area contributed by atoms with Crippen molar-refractivity contribution >= 4 is 54.0 Å². The average molecular weight is 885 g/mol. The minimum Gasteiger partial charge on any atom is -0.469 e. The maximum Gasteiger partial charge on any atom is 0.407 e. The lowest BCUT2D eigenvalue weighted by Crippen LogP contribution is -2.51. The van der Waals surface area contributed by atoms with Gasteiger partial charge in [-0.3, -0.25) is 4.79 Å². The van der Waals surface area contributed by atoms with Crippen molar-refractivity contribution in [3.05, 3.63) is 25.3 Å². The van der Waals surface area contributed by atoms with E-state index >= 15 is 0 Å². The molecule has 0 spiro atoms. The topological polar surface area (TPSA) is 232 Å². The van der Waals surface area contributed by atoms with Gasteiger partial charge in [-0.1, -0.05) is 61.6 Å². The van der Waals surface area contributed by atoms with Gasteiger partial charge >= 0.3 is 42.3 Å².